The molecule has 0 aromatic rings. The van der Waals surface area contributed by atoms with Crippen molar-refractivity contribution < 1.29 is 45.7 Å². The zero-order valence-corrected chi connectivity index (χ0v) is 22.2. The molecule has 0 atom stereocenters. The Morgan fingerprint density at radius 1 is 0.462 bits per heavy atom. The minimum Gasteiger partial charge on any atom is -0.433 e. The Morgan fingerprint density at radius 2 is 0.692 bits per heavy atom. The van der Waals surface area contributed by atoms with Gasteiger partial charge in [-0.15, -0.1) is 0 Å². The van der Waals surface area contributed by atoms with Crippen LogP contribution < -0.4 is 0 Å². The molecule has 0 saturated carbocycles. The van der Waals surface area contributed by atoms with Crippen LogP contribution in [0.25, 0.3) is 0 Å². The number of hydrogen-bond acceptors (Lipinski definition) is 10. The van der Waals surface area contributed by atoms with Gasteiger partial charge in [0.1, 0.15) is 0 Å². The third-order valence-corrected chi connectivity index (χ3v) is 6.82. The minimum atomic E-state index is -3.65. The SMILES string of the molecule is CO[Si](C)(C)OC.CO[Si](C)(O)OC.CO[Si](O)(O)OC.C[Si](C)(C)O. The van der Waals surface area contributed by atoms with Crippen molar-refractivity contribution >= 4 is 34.7 Å². The lowest BCUT2D eigenvalue weighted by Gasteiger charge is -2.15. The number of hydrogen-bond donors (Lipinski definition) is 4. The van der Waals surface area contributed by atoms with E-state index in [9.17, 15) is 0 Å². The van der Waals surface area contributed by atoms with Gasteiger partial charge in [-0.1, -0.05) is 0 Å². The van der Waals surface area contributed by atoms with E-state index in [1.165, 1.54) is 28.4 Å². The lowest BCUT2D eigenvalue weighted by Crippen LogP contribution is -2.40. The third kappa shape index (κ3) is 39.5. The molecule has 10 nitrogen and oxygen atoms in total. The highest BCUT2D eigenvalue weighted by molar-refractivity contribution is 6.68. The van der Waals surface area contributed by atoms with E-state index >= 15 is 0 Å². The van der Waals surface area contributed by atoms with Crippen LogP contribution in [0.3, 0.4) is 0 Å². The lowest BCUT2D eigenvalue weighted by molar-refractivity contribution is 0.0634. The average molecular weight is 457 g/mol. The van der Waals surface area contributed by atoms with Gasteiger partial charge in [0.15, 0.2) is 8.32 Å². The second-order valence-corrected chi connectivity index (χ2v) is 18.7. The quantitative estimate of drug-likeness (QED) is 0.414. The molecule has 0 aliphatic heterocycles. The fourth-order valence-electron chi connectivity index (χ4n) is 0.250. The van der Waals surface area contributed by atoms with Crippen LogP contribution in [0.1, 0.15) is 0 Å². The van der Waals surface area contributed by atoms with E-state index in [0.29, 0.717) is 0 Å². The van der Waals surface area contributed by atoms with Crippen molar-refractivity contribution in [2.75, 3.05) is 42.7 Å². The van der Waals surface area contributed by atoms with E-state index in [1.807, 2.05) is 32.7 Å². The fraction of sp³-hybridized carbons (Fsp3) is 1.00. The summed E-state index contributed by atoms with van der Waals surface area (Å²) < 4.78 is 27.4. The molecule has 14 heteroatoms. The first-order valence-corrected chi connectivity index (χ1v) is 17.8. The highest BCUT2D eigenvalue weighted by Gasteiger charge is 2.32. The number of rotatable bonds is 6. The molecule has 0 unspecified atom stereocenters. The van der Waals surface area contributed by atoms with E-state index < -0.39 is 34.7 Å². The fourth-order valence-corrected chi connectivity index (χ4v) is 0.750. The van der Waals surface area contributed by atoms with Crippen molar-refractivity contribution in [2.45, 2.75) is 39.3 Å². The van der Waals surface area contributed by atoms with Crippen LogP contribution in [0.4, 0.5) is 0 Å². The van der Waals surface area contributed by atoms with Gasteiger partial charge in [0.05, 0.1) is 0 Å². The Morgan fingerprint density at radius 3 is 0.692 bits per heavy atom. The summed E-state index contributed by atoms with van der Waals surface area (Å²) in [5, 5.41) is 0. The molecule has 0 heterocycles. The second kappa shape index (κ2) is 16.4. The largest absolute Gasteiger partial charge is 0.673 e. The van der Waals surface area contributed by atoms with Crippen molar-refractivity contribution in [1.82, 2.24) is 0 Å². The third-order valence-electron chi connectivity index (χ3n) is 2.27. The van der Waals surface area contributed by atoms with Gasteiger partial charge >= 0.3 is 26.4 Å². The molecule has 0 radical (unpaired) electrons. The predicted molar refractivity (Wildman–Crippen MR) is 109 cm³/mol. The molecule has 164 valence electrons. The van der Waals surface area contributed by atoms with Gasteiger partial charge in [-0.2, -0.15) is 0 Å². The van der Waals surface area contributed by atoms with Gasteiger partial charge in [-0.05, 0) is 32.7 Å². The average Bonchev–Trinajstić information content (AvgIpc) is 2.54. The van der Waals surface area contributed by atoms with Crippen molar-refractivity contribution in [1.29, 1.82) is 0 Å². The summed E-state index contributed by atoms with van der Waals surface area (Å²) in [4.78, 5) is 34.2. The Kier molecular flexibility index (Phi) is 21.5. The molecule has 4 N–H and O–H groups in total. The van der Waals surface area contributed by atoms with E-state index in [0.717, 1.165) is 0 Å². The molecule has 0 saturated heterocycles. The maximum Gasteiger partial charge on any atom is 0.673 e. The van der Waals surface area contributed by atoms with Crippen molar-refractivity contribution in [3.63, 3.8) is 0 Å². The standard InChI is InChI=1S/C4H12O2Si.C3H10O3Si.C3H10OSi.C2H8O4Si/c2*1-5-7(3,4)6-2;1-5(2,3)4;1-5-7(3,4)6-2/h1-4H3;4H,1-3H3;4H,1-3H3;3-4H,1-2H3. The first-order valence-electron chi connectivity index (χ1n) is 7.57. The van der Waals surface area contributed by atoms with Crippen LogP contribution in [0.5, 0.6) is 0 Å². The van der Waals surface area contributed by atoms with Crippen molar-refractivity contribution in [3.05, 3.63) is 0 Å². The summed E-state index contributed by atoms with van der Waals surface area (Å²) in [6.45, 7) is 11.2. The van der Waals surface area contributed by atoms with Crippen LogP contribution in [-0.2, 0) is 26.6 Å². The smallest absolute Gasteiger partial charge is 0.433 e. The normalized spacial score (nSPS) is 12.0. The molecule has 0 bridgehead atoms. The Bertz CT molecular complexity index is 249. The summed E-state index contributed by atoms with van der Waals surface area (Å²) >= 11 is 0. The Hall–Kier alpha value is 0.468. The van der Waals surface area contributed by atoms with Crippen molar-refractivity contribution in [2.24, 2.45) is 0 Å². The minimum absolute atomic E-state index is 1.18. The zero-order valence-electron chi connectivity index (χ0n) is 18.2. The van der Waals surface area contributed by atoms with Crippen molar-refractivity contribution in [3.8, 4) is 0 Å². The summed E-state index contributed by atoms with van der Waals surface area (Å²) in [5.74, 6) is 0. The molecule has 0 fully saturated rings. The maximum absolute atomic E-state index is 8.83. The van der Waals surface area contributed by atoms with E-state index in [1.54, 1.807) is 20.8 Å². The molecule has 0 aromatic heterocycles. The monoisotopic (exact) mass is 456 g/mol. The summed E-state index contributed by atoms with van der Waals surface area (Å²) in [7, 11) is -1.01. The van der Waals surface area contributed by atoms with Crippen LogP contribution in [0.15, 0.2) is 0 Å². The van der Waals surface area contributed by atoms with Gasteiger partial charge in [0.2, 0.25) is 0 Å². The lowest BCUT2D eigenvalue weighted by atomic mass is 11.8. The predicted octanol–water partition coefficient (Wildman–Crippen LogP) is 0.334. The Balaban J connectivity index is -0.000000125. The first kappa shape index (κ1) is 34.0. The van der Waals surface area contributed by atoms with E-state index in [2.05, 4.69) is 17.7 Å². The molecular weight excluding hydrogens is 416 g/mol. The maximum atomic E-state index is 8.83. The molecule has 0 aliphatic carbocycles. The van der Waals surface area contributed by atoms with Gasteiger partial charge in [0.25, 0.3) is 0 Å². The molecule has 0 aliphatic rings. The van der Waals surface area contributed by atoms with Crippen LogP contribution in [0, 0.1) is 0 Å². The molecule has 0 aromatic carbocycles. The highest BCUT2D eigenvalue weighted by Crippen LogP contribution is 2.00. The molecule has 0 rings (SSSR count). The summed E-state index contributed by atoms with van der Waals surface area (Å²) in [6.07, 6.45) is 0. The van der Waals surface area contributed by atoms with Gasteiger partial charge in [-0.25, -0.2) is 0 Å². The van der Waals surface area contributed by atoms with Gasteiger partial charge in [0, 0.05) is 49.2 Å². The first-order chi connectivity index (χ1) is 11.4. The zero-order chi connectivity index (χ0) is 22.2. The molecule has 0 spiro atoms. The summed E-state index contributed by atoms with van der Waals surface area (Å²) in [5.41, 5.74) is 0. The van der Waals surface area contributed by atoms with E-state index in [4.69, 9.17) is 28.0 Å². The van der Waals surface area contributed by atoms with Gasteiger partial charge in [-0.3, -0.25) is 0 Å². The Labute approximate surface area is 162 Å². The second-order valence-electron chi connectivity index (χ2n) is 6.24. The van der Waals surface area contributed by atoms with E-state index in [-0.39, 0.29) is 0 Å². The molecule has 0 amide bonds. The summed E-state index contributed by atoms with van der Waals surface area (Å²) in [6, 6.07) is 0. The molecule has 26 heavy (non-hydrogen) atoms. The van der Waals surface area contributed by atoms with Crippen LogP contribution in [0.2, 0.25) is 39.3 Å². The van der Waals surface area contributed by atoms with Crippen LogP contribution in [-0.4, -0.2) is 96.6 Å². The van der Waals surface area contributed by atoms with Gasteiger partial charge < -0.3 is 45.7 Å². The molecular formula is C12H40O10Si4. The topological polar surface area (TPSA) is 136 Å². The van der Waals surface area contributed by atoms with Crippen LogP contribution >= 0.6 is 0 Å². The highest BCUT2D eigenvalue weighted by atomic mass is 28.4.